The summed E-state index contributed by atoms with van der Waals surface area (Å²) in [7, 11) is 0. The quantitative estimate of drug-likeness (QED) is 0.315. The van der Waals surface area contributed by atoms with Crippen molar-refractivity contribution in [3.63, 3.8) is 0 Å². The number of rotatable bonds is 10. The van der Waals surface area contributed by atoms with E-state index < -0.39 is 0 Å². The van der Waals surface area contributed by atoms with E-state index in [0.29, 0.717) is 37.7 Å². The average molecular weight is 463 g/mol. The average Bonchev–Trinajstić information content (AvgIpc) is 3.02. The standard InChI is InChI=1S/C24H38N4O3S/c1-4-19-10-7-11-20(5-2)23(19)26-21(29)18-27-14-9-15-28(17-16-27)24(32)25-13-8-12-22(30)31-6-3/h7,10-11H,4-6,8-9,12-18H2,1-3H3,(H,25,32)(H,26,29). The first-order valence-corrected chi connectivity index (χ1v) is 12.2. The van der Waals surface area contributed by atoms with E-state index in [9.17, 15) is 9.59 Å². The number of aryl methyl sites for hydroxylation is 2. The second kappa shape index (κ2) is 14.1. The van der Waals surface area contributed by atoms with Crippen molar-refractivity contribution < 1.29 is 14.3 Å². The van der Waals surface area contributed by atoms with Crippen molar-refractivity contribution in [3.05, 3.63) is 29.3 Å². The molecule has 0 aromatic heterocycles. The van der Waals surface area contributed by atoms with Crippen LogP contribution in [0.25, 0.3) is 0 Å². The van der Waals surface area contributed by atoms with Gasteiger partial charge in [0.25, 0.3) is 0 Å². The Morgan fingerprint density at radius 2 is 1.78 bits per heavy atom. The van der Waals surface area contributed by atoms with Crippen molar-refractivity contribution >= 4 is 34.9 Å². The smallest absolute Gasteiger partial charge is 0.305 e. The Hall–Kier alpha value is -2.19. The summed E-state index contributed by atoms with van der Waals surface area (Å²) in [6.45, 7) is 10.8. The number of esters is 1. The first-order valence-electron chi connectivity index (χ1n) is 11.8. The number of amides is 1. The monoisotopic (exact) mass is 462 g/mol. The van der Waals surface area contributed by atoms with Crippen molar-refractivity contribution in [2.75, 3.05) is 51.2 Å². The highest BCUT2D eigenvalue weighted by molar-refractivity contribution is 7.80. The number of nitrogens with one attached hydrogen (secondary N) is 2. The summed E-state index contributed by atoms with van der Waals surface area (Å²) in [6, 6.07) is 6.23. The van der Waals surface area contributed by atoms with Crippen LogP contribution in [0.1, 0.15) is 51.2 Å². The number of hydrogen-bond acceptors (Lipinski definition) is 5. The molecule has 0 saturated carbocycles. The molecule has 7 nitrogen and oxygen atoms in total. The lowest BCUT2D eigenvalue weighted by Crippen LogP contribution is -2.42. The maximum absolute atomic E-state index is 12.8. The Morgan fingerprint density at radius 3 is 2.44 bits per heavy atom. The van der Waals surface area contributed by atoms with Crippen molar-refractivity contribution in [2.24, 2.45) is 0 Å². The fourth-order valence-corrected chi connectivity index (χ4v) is 4.17. The van der Waals surface area contributed by atoms with Gasteiger partial charge in [-0.1, -0.05) is 32.0 Å². The molecular formula is C24H38N4O3S. The van der Waals surface area contributed by atoms with Gasteiger partial charge in [0.15, 0.2) is 5.11 Å². The maximum Gasteiger partial charge on any atom is 0.305 e. The number of anilines is 1. The number of nitrogens with zero attached hydrogens (tertiary/aromatic N) is 2. The topological polar surface area (TPSA) is 73.9 Å². The third-order valence-electron chi connectivity index (χ3n) is 5.65. The Bertz CT molecular complexity index is 749. The molecule has 0 bridgehead atoms. The van der Waals surface area contributed by atoms with Crippen LogP contribution in [0.4, 0.5) is 5.69 Å². The van der Waals surface area contributed by atoms with Gasteiger partial charge in [0.2, 0.25) is 5.91 Å². The highest BCUT2D eigenvalue weighted by Crippen LogP contribution is 2.22. The fraction of sp³-hybridized carbons (Fsp3) is 0.625. The fourth-order valence-electron chi connectivity index (χ4n) is 3.89. The molecule has 1 aliphatic rings. The Balaban J connectivity index is 1.78. The van der Waals surface area contributed by atoms with E-state index in [-0.39, 0.29) is 11.9 Å². The minimum Gasteiger partial charge on any atom is -0.466 e. The molecule has 1 amide bonds. The van der Waals surface area contributed by atoms with Crippen LogP contribution < -0.4 is 10.6 Å². The van der Waals surface area contributed by atoms with E-state index in [1.54, 1.807) is 0 Å². The summed E-state index contributed by atoms with van der Waals surface area (Å²) >= 11 is 5.53. The van der Waals surface area contributed by atoms with Crippen LogP contribution in [-0.2, 0) is 27.2 Å². The van der Waals surface area contributed by atoms with Gasteiger partial charge in [0.1, 0.15) is 0 Å². The van der Waals surface area contributed by atoms with Crippen molar-refractivity contribution in [3.8, 4) is 0 Å². The van der Waals surface area contributed by atoms with E-state index in [2.05, 4.69) is 52.5 Å². The molecule has 8 heteroatoms. The summed E-state index contributed by atoms with van der Waals surface area (Å²) in [4.78, 5) is 28.5. The Kier molecular flexibility index (Phi) is 11.5. The highest BCUT2D eigenvalue weighted by Gasteiger charge is 2.19. The molecule has 0 atom stereocenters. The molecule has 178 valence electrons. The van der Waals surface area contributed by atoms with Gasteiger partial charge in [-0.15, -0.1) is 0 Å². The predicted octanol–water partition coefficient (Wildman–Crippen LogP) is 2.98. The van der Waals surface area contributed by atoms with Crippen molar-refractivity contribution in [1.29, 1.82) is 0 Å². The predicted molar refractivity (Wildman–Crippen MR) is 133 cm³/mol. The Morgan fingerprint density at radius 1 is 1.06 bits per heavy atom. The molecule has 1 heterocycles. The van der Waals surface area contributed by atoms with Gasteiger partial charge in [-0.05, 0) is 56.0 Å². The molecule has 1 saturated heterocycles. The SMILES string of the molecule is CCOC(=O)CCCNC(=S)N1CCCN(CC(=O)Nc2c(CC)cccc2CC)CC1. The van der Waals surface area contributed by atoms with Gasteiger partial charge in [-0.25, -0.2) is 0 Å². The van der Waals surface area contributed by atoms with Gasteiger partial charge in [-0.2, -0.15) is 0 Å². The first kappa shape index (κ1) is 26.1. The third kappa shape index (κ3) is 8.39. The highest BCUT2D eigenvalue weighted by atomic mass is 32.1. The molecular weight excluding hydrogens is 424 g/mol. The molecule has 0 unspecified atom stereocenters. The summed E-state index contributed by atoms with van der Waals surface area (Å²) in [5.41, 5.74) is 3.34. The van der Waals surface area contributed by atoms with Crippen LogP contribution in [0.15, 0.2) is 18.2 Å². The number of hydrogen-bond donors (Lipinski definition) is 2. The van der Waals surface area contributed by atoms with Gasteiger partial charge in [0.05, 0.1) is 13.2 Å². The van der Waals surface area contributed by atoms with Crippen LogP contribution in [0.2, 0.25) is 0 Å². The molecule has 2 N–H and O–H groups in total. The summed E-state index contributed by atoms with van der Waals surface area (Å²) in [5.74, 6) is -0.134. The summed E-state index contributed by atoms with van der Waals surface area (Å²) in [5, 5.41) is 7.12. The molecule has 1 aliphatic heterocycles. The minimum absolute atomic E-state index is 0.0358. The largest absolute Gasteiger partial charge is 0.466 e. The number of carbonyl (C=O) groups is 2. The molecule has 0 radical (unpaired) electrons. The minimum atomic E-state index is -0.170. The first-order chi connectivity index (χ1) is 15.5. The lowest BCUT2D eigenvalue weighted by Gasteiger charge is -2.24. The number of thiocarbonyl (C=S) groups is 1. The zero-order chi connectivity index (χ0) is 23.3. The third-order valence-corrected chi connectivity index (χ3v) is 6.05. The van der Waals surface area contributed by atoms with E-state index in [1.807, 2.05) is 6.92 Å². The van der Waals surface area contributed by atoms with Crippen LogP contribution in [0.3, 0.4) is 0 Å². The zero-order valence-electron chi connectivity index (χ0n) is 19.7. The molecule has 1 aromatic carbocycles. The van der Waals surface area contributed by atoms with Gasteiger partial charge in [0, 0.05) is 44.8 Å². The van der Waals surface area contributed by atoms with Crippen LogP contribution in [0, 0.1) is 0 Å². The molecule has 0 aliphatic carbocycles. The van der Waals surface area contributed by atoms with E-state index in [1.165, 1.54) is 11.1 Å². The number of carbonyl (C=O) groups excluding carboxylic acids is 2. The molecule has 1 aromatic rings. The van der Waals surface area contributed by atoms with Gasteiger partial charge in [-0.3, -0.25) is 14.5 Å². The van der Waals surface area contributed by atoms with Crippen molar-refractivity contribution in [1.82, 2.24) is 15.1 Å². The maximum atomic E-state index is 12.8. The van der Waals surface area contributed by atoms with Gasteiger partial charge >= 0.3 is 5.97 Å². The molecule has 1 fully saturated rings. The van der Waals surface area contributed by atoms with E-state index >= 15 is 0 Å². The summed E-state index contributed by atoms with van der Waals surface area (Å²) < 4.78 is 4.94. The number of ether oxygens (including phenoxy) is 1. The van der Waals surface area contributed by atoms with Crippen LogP contribution in [-0.4, -0.2) is 72.7 Å². The number of para-hydroxylation sites is 1. The second-order valence-electron chi connectivity index (χ2n) is 7.96. The normalized spacial score (nSPS) is 14.5. The second-order valence-corrected chi connectivity index (χ2v) is 8.35. The van der Waals surface area contributed by atoms with Gasteiger partial charge < -0.3 is 20.3 Å². The van der Waals surface area contributed by atoms with Crippen LogP contribution >= 0.6 is 12.2 Å². The Labute approximate surface area is 197 Å². The summed E-state index contributed by atoms with van der Waals surface area (Å²) in [6.07, 6.45) is 3.83. The number of benzene rings is 1. The lowest BCUT2D eigenvalue weighted by molar-refractivity contribution is -0.143. The molecule has 32 heavy (non-hydrogen) atoms. The van der Waals surface area contributed by atoms with Crippen LogP contribution in [0.5, 0.6) is 0 Å². The lowest BCUT2D eigenvalue weighted by atomic mass is 10.0. The molecule has 2 rings (SSSR count). The molecule has 0 spiro atoms. The van der Waals surface area contributed by atoms with Crippen molar-refractivity contribution in [2.45, 2.75) is 52.9 Å². The zero-order valence-corrected chi connectivity index (χ0v) is 20.6. The van der Waals surface area contributed by atoms with E-state index in [0.717, 1.165) is 51.1 Å². The van der Waals surface area contributed by atoms with E-state index in [4.69, 9.17) is 17.0 Å².